The summed E-state index contributed by atoms with van der Waals surface area (Å²) in [5.74, 6) is -1.33. The van der Waals surface area contributed by atoms with Gasteiger partial charge in [-0.25, -0.2) is 0 Å². The zero-order chi connectivity index (χ0) is 11.1. The molecule has 0 amide bonds. The van der Waals surface area contributed by atoms with Crippen LogP contribution in [0.3, 0.4) is 0 Å². The lowest BCUT2D eigenvalue weighted by Gasteiger charge is -1.97. The van der Waals surface area contributed by atoms with E-state index in [1.807, 2.05) is 0 Å². The van der Waals surface area contributed by atoms with Gasteiger partial charge in [0, 0.05) is 0 Å². The van der Waals surface area contributed by atoms with Gasteiger partial charge in [0.2, 0.25) is 11.6 Å². The maximum absolute atomic E-state index is 11.1. The predicted octanol–water partition coefficient (Wildman–Crippen LogP) is 0.605. The molecule has 6 heteroatoms. The van der Waals surface area contributed by atoms with E-state index in [2.05, 4.69) is 10.3 Å². The highest BCUT2D eigenvalue weighted by Crippen LogP contribution is 1.95. The largest absolute Gasteiger partial charge is 0.411 e. The van der Waals surface area contributed by atoms with Crippen molar-refractivity contribution >= 4 is 23.0 Å². The molecule has 0 saturated carbocycles. The fourth-order valence-corrected chi connectivity index (χ4v) is 0.733. The van der Waals surface area contributed by atoms with Gasteiger partial charge in [0.15, 0.2) is 0 Å². The van der Waals surface area contributed by atoms with Gasteiger partial charge in [-0.2, -0.15) is 0 Å². The van der Waals surface area contributed by atoms with Gasteiger partial charge >= 0.3 is 0 Å². The number of carbonyl (C=O) groups is 2. The van der Waals surface area contributed by atoms with Crippen LogP contribution in [0, 0.1) is 0 Å². The number of hydrogen-bond acceptors (Lipinski definition) is 6. The quantitative estimate of drug-likeness (QED) is 0.294. The molecule has 0 heterocycles. The second-order valence-electron chi connectivity index (χ2n) is 2.87. The summed E-state index contributed by atoms with van der Waals surface area (Å²) < 4.78 is 0. The van der Waals surface area contributed by atoms with Crippen LogP contribution in [0.2, 0.25) is 0 Å². The molecular weight excluding hydrogens is 188 g/mol. The lowest BCUT2D eigenvalue weighted by Crippen LogP contribution is -2.19. The van der Waals surface area contributed by atoms with E-state index in [-0.39, 0.29) is 24.3 Å². The van der Waals surface area contributed by atoms with Gasteiger partial charge in [0.1, 0.15) is 0 Å². The predicted molar refractivity (Wildman–Crippen MR) is 49.0 cm³/mol. The molecule has 0 unspecified atom stereocenters. The fraction of sp³-hybridized carbons (Fsp3) is 0.500. The van der Waals surface area contributed by atoms with E-state index < -0.39 is 11.6 Å². The van der Waals surface area contributed by atoms with Crippen LogP contribution < -0.4 is 0 Å². The first-order valence-electron chi connectivity index (χ1n) is 3.92. The fourth-order valence-electron chi connectivity index (χ4n) is 0.733. The molecule has 0 atom stereocenters. The van der Waals surface area contributed by atoms with Crippen LogP contribution in [-0.4, -0.2) is 33.4 Å². The highest BCUT2D eigenvalue weighted by Gasteiger charge is 2.15. The molecule has 6 nitrogen and oxygen atoms in total. The Morgan fingerprint density at radius 2 is 1.21 bits per heavy atom. The summed E-state index contributed by atoms with van der Waals surface area (Å²) in [6.07, 6.45) is -0.428. The molecule has 2 N–H and O–H groups in total. The molecule has 0 rings (SSSR count). The van der Waals surface area contributed by atoms with Crippen molar-refractivity contribution in [1.82, 2.24) is 0 Å². The first-order chi connectivity index (χ1) is 6.51. The molecule has 0 aliphatic carbocycles. The average Bonchev–Trinajstić information content (AvgIpc) is 2.17. The Bertz CT molecular complexity index is 264. The lowest BCUT2D eigenvalue weighted by molar-refractivity contribution is -0.135. The van der Waals surface area contributed by atoms with Crippen molar-refractivity contribution in [1.29, 1.82) is 0 Å². The third-order valence-electron chi connectivity index (χ3n) is 1.49. The van der Waals surface area contributed by atoms with Crippen LogP contribution in [0.5, 0.6) is 0 Å². The van der Waals surface area contributed by atoms with Crippen molar-refractivity contribution in [2.45, 2.75) is 26.7 Å². The number of carbonyl (C=O) groups excluding carboxylic acids is 2. The van der Waals surface area contributed by atoms with Crippen LogP contribution in [0.25, 0.3) is 0 Å². The van der Waals surface area contributed by atoms with Crippen LogP contribution >= 0.6 is 0 Å². The van der Waals surface area contributed by atoms with E-state index >= 15 is 0 Å². The zero-order valence-corrected chi connectivity index (χ0v) is 8.02. The third-order valence-corrected chi connectivity index (χ3v) is 1.49. The monoisotopic (exact) mass is 200 g/mol. The van der Waals surface area contributed by atoms with Gasteiger partial charge in [0.25, 0.3) is 0 Å². The molecule has 0 saturated heterocycles. The first-order valence-corrected chi connectivity index (χ1v) is 3.92. The Hall–Kier alpha value is -1.72. The van der Waals surface area contributed by atoms with E-state index in [4.69, 9.17) is 10.4 Å². The summed E-state index contributed by atoms with van der Waals surface area (Å²) in [5.41, 5.74) is 0.337. The third kappa shape index (κ3) is 4.34. The molecule has 0 bridgehead atoms. The van der Waals surface area contributed by atoms with Crippen molar-refractivity contribution in [2.75, 3.05) is 0 Å². The number of oxime groups is 2. The molecule has 78 valence electrons. The van der Waals surface area contributed by atoms with Crippen LogP contribution in [0.4, 0.5) is 0 Å². The molecule has 0 spiro atoms. The van der Waals surface area contributed by atoms with Crippen molar-refractivity contribution in [3.05, 3.63) is 0 Å². The van der Waals surface area contributed by atoms with Crippen LogP contribution in [0.1, 0.15) is 26.7 Å². The summed E-state index contributed by atoms with van der Waals surface area (Å²) in [6, 6.07) is 0. The Labute approximate surface area is 80.9 Å². The number of ketones is 2. The minimum atomic E-state index is -0.664. The topological polar surface area (TPSA) is 99.3 Å². The summed E-state index contributed by atoms with van der Waals surface area (Å²) in [5, 5.41) is 22.1. The smallest absolute Gasteiger partial charge is 0.204 e. The van der Waals surface area contributed by atoms with Crippen molar-refractivity contribution in [2.24, 2.45) is 10.3 Å². The molecule has 0 radical (unpaired) electrons. The highest BCUT2D eigenvalue weighted by atomic mass is 16.4. The molecule has 0 aromatic carbocycles. The molecule has 0 fully saturated rings. The van der Waals surface area contributed by atoms with E-state index in [1.165, 1.54) is 13.8 Å². The van der Waals surface area contributed by atoms with Gasteiger partial charge in [-0.3, -0.25) is 9.59 Å². The average molecular weight is 200 g/mol. The molecule has 0 aromatic heterocycles. The SMILES string of the molecule is CC(CC(=O)C(=O)CC(C)=NO)=NO. The van der Waals surface area contributed by atoms with Crippen molar-refractivity contribution < 1.29 is 20.0 Å². The van der Waals surface area contributed by atoms with E-state index in [0.717, 1.165) is 0 Å². The maximum atomic E-state index is 11.1. The molecule has 0 aromatic rings. The second-order valence-corrected chi connectivity index (χ2v) is 2.87. The summed E-state index contributed by atoms with van der Waals surface area (Å²) >= 11 is 0. The van der Waals surface area contributed by atoms with Gasteiger partial charge in [-0.15, -0.1) is 0 Å². The van der Waals surface area contributed by atoms with Gasteiger partial charge in [0.05, 0.1) is 24.3 Å². The minimum absolute atomic E-state index is 0.168. The van der Waals surface area contributed by atoms with Crippen LogP contribution in [-0.2, 0) is 9.59 Å². The zero-order valence-electron chi connectivity index (χ0n) is 8.02. The summed E-state index contributed by atoms with van der Waals surface area (Å²) in [4.78, 5) is 22.2. The van der Waals surface area contributed by atoms with Gasteiger partial charge < -0.3 is 10.4 Å². The number of Topliss-reactive ketones (excluding diaryl/α,β-unsaturated/α-hetero) is 2. The maximum Gasteiger partial charge on any atom is 0.204 e. The Morgan fingerprint density at radius 1 is 0.929 bits per heavy atom. The number of nitrogens with zero attached hydrogens (tertiary/aromatic N) is 2. The molecular formula is C8H12N2O4. The number of hydrogen-bond donors (Lipinski definition) is 2. The normalized spacial score (nSPS) is 12.7. The first kappa shape index (κ1) is 12.3. The lowest BCUT2D eigenvalue weighted by atomic mass is 10.1. The van der Waals surface area contributed by atoms with E-state index in [9.17, 15) is 9.59 Å². The molecule has 14 heavy (non-hydrogen) atoms. The van der Waals surface area contributed by atoms with Crippen LogP contribution in [0.15, 0.2) is 10.3 Å². The Balaban J connectivity index is 4.21. The van der Waals surface area contributed by atoms with E-state index in [1.54, 1.807) is 0 Å². The van der Waals surface area contributed by atoms with Gasteiger partial charge in [-0.05, 0) is 13.8 Å². The Morgan fingerprint density at radius 3 is 1.43 bits per heavy atom. The van der Waals surface area contributed by atoms with Crippen molar-refractivity contribution in [3.8, 4) is 0 Å². The minimum Gasteiger partial charge on any atom is -0.411 e. The highest BCUT2D eigenvalue weighted by molar-refractivity contribution is 6.43. The molecule has 0 aliphatic rings. The number of rotatable bonds is 5. The Kier molecular flexibility index (Phi) is 5.13. The summed E-state index contributed by atoms with van der Waals surface area (Å²) in [7, 11) is 0. The second kappa shape index (κ2) is 5.85. The van der Waals surface area contributed by atoms with E-state index in [0.29, 0.717) is 0 Å². The molecule has 0 aliphatic heterocycles. The summed E-state index contributed by atoms with van der Waals surface area (Å²) in [6.45, 7) is 2.86. The standard InChI is InChI=1S/C8H12N2O4/c1-5(9-13)3-7(11)8(12)4-6(2)10-14/h13-14H,3-4H2,1-2H3. The van der Waals surface area contributed by atoms with Crippen molar-refractivity contribution in [3.63, 3.8) is 0 Å². The van der Waals surface area contributed by atoms with Gasteiger partial charge in [-0.1, -0.05) is 10.3 Å².